The largest absolute Gasteiger partial charge is 0.293 e. The fraction of sp³-hybridized carbons (Fsp3) is 0.0667. The van der Waals surface area contributed by atoms with Crippen LogP contribution >= 0.6 is 23.1 Å². The Bertz CT molecular complexity index is 673. The highest BCUT2D eigenvalue weighted by atomic mass is 32.2. The van der Waals surface area contributed by atoms with E-state index in [1.165, 1.54) is 11.8 Å². The van der Waals surface area contributed by atoms with Gasteiger partial charge in [0.05, 0.1) is 16.0 Å². The molecule has 0 spiro atoms. The van der Waals surface area contributed by atoms with Crippen molar-refractivity contribution < 1.29 is 4.79 Å². The van der Waals surface area contributed by atoms with E-state index < -0.39 is 0 Å². The lowest BCUT2D eigenvalue weighted by atomic mass is 10.2. The SMILES string of the molecule is O=C(CSc1nc2ccccc2s1)c1ccccc1. The average Bonchev–Trinajstić information content (AvgIpc) is 2.88. The highest BCUT2D eigenvalue weighted by Crippen LogP contribution is 2.29. The van der Waals surface area contributed by atoms with E-state index in [0.29, 0.717) is 5.75 Å². The number of carbonyl (C=O) groups excluding carboxylic acids is 1. The summed E-state index contributed by atoms with van der Waals surface area (Å²) in [4.78, 5) is 16.5. The molecule has 0 unspecified atom stereocenters. The lowest BCUT2D eigenvalue weighted by molar-refractivity contribution is 0.102. The molecule has 94 valence electrons. The van der Waals surface area contributed by atoms with Crippen LogP contribution in [0.5, 0.6) is 0 Å². The molecule has 0 aliphatic rings. The topological polar surface area (TPSA) is 30.0 Å². The van der Waals surface area contributed by atoms with Gasteiger partial charge in [-0.2, -0.15) is 0 Å². The Morgan fingerprint density at radius 1 is 1.05 bits per heavy atom. The quantitative estimate of drug-likeness (QED) is 0.529. The van der Waals surface area contributed by atoms with Gasteiger partial charge in [0.1, 0.15) is 0 Å². The third-order valence-electron chi connectivity index (χ3n) is 2.70. The van der Waals surface area contributed by atoms with Gasteiger partial charge < -0.3 is 0 Å². The number of benzene rings is 2. The van der Waals surface area contributed by atoms with Crippen LogP contribution in [0.2, 0.25) is 0 Å². The maximum Gasteiger partial charge on any atom is 0.173 e. The standard InChI is InChI=1S/C15H11NOS2/c17-13(11-6-2-1-3-7-11)10-18-15-16-12-8-4-5-9-14(12)19-15/h1-9H,10H2. The fourth-order valence-corrected chi connectivity index (χ4v) is 3.71. The number of nitrogens with zero attached hydrogens (tertiary/aromatic N) is 1. The second-order valence-electron chi connectivity index (χ2n) is 4.03. The second kappa shape index (κ2) is 5.55. The number of hydrogen-bond acceptors (Lipinski definition) is 4. The number of thioether (sulfide) groups is 1. The van der Waals surface area contributed by atoms with Crippen LogP contribution in [-0.4, -0.2) is 16.5 Å². The number of hydrogen-bond donors (Lipinski definition) is 0. The molecule has 0 atom stereocenters. The Morgan fingerprint density at radius 3 is 2.58 bits per heavy atom. The van der Waals surface area contributed by atoms with Crippen molar-refractivity contribution in [3.63, 3.8) is 0 Å². The number of ketones is 1. The van der Waals surface area contributed by atoms with E-state index >= 15 is 0 Å². The summed E-state index contributed by atoms with van der Waals surface area (Å²) >= 11 is 3.14. The van der Waals surface area contributed by atoms with E-state index in [-0.39, 0.29) is 5.78 Å². The smallest absolute Gasteiger partial charge is 0.173 e. The van der Waals surface area contributed by atoms with Crippen molar-refractivity contribution in [2.24, 2.45) is 0 Å². The Balaban J connectivity index is 1.71. The Labute approximate surface area is 119 Å². The molecule has 2 aromatic carbocycles. The Morgan fingerprint density at radius 2 is 1.79 bits per heavy atom. The zero-order valence-electron chi connectivity index (χ0n) is 10.1. The second-order valence-corrected chi connectivity index (χ2v) is 6.28. The van der Waals surface area contributed by atoms with E-state index in [4.69, 9.17) is 0 Å². The fourth-order valence-electron chi connectivity index (χ4n) is 1.75. The van der Waals surface area contributed by atoms with Crippen molar-refractivity contribution in [2.75, 3.05) is 5.75 Å². The molecule has 0 radical (unpaired) electrons. The predicted molar refractivity (Wildman–Crippen MR) is 81.1 cm³/mol. The minimum atomic E-state index is 0.143. The molecule has 0 fully saturated rings. The first kappa shape index (κ1) is 12.4. The first-order valence-electron chi connectivity index (χ1n) is 5.89. The molecule has 2 nitrogen and oxygen atoms in total. The van der Waals surface area contributed by atoms with Gasteiger partial charge in [-0.15, -0.1) is 11.3 Å². The molecule has 0 saturated heterocycles. The lowest BCUT2D eigenvalue weighted by Crippen LogP contribution is -2.01. The Hall–Kier alpha value is -1.65. The third-order valence-corrected chi connectivity index (χ3v) is 4.88. The van der Waals surface area contributed by atoms with Crippen LogP contribution in [0.15, 0.2) is 58.9 Å². The van der Waals surface area contributed by atoms with Gasteiger partial charge in [0, 0.05) is 5.56 Å². The molecule has 3 aromatic rings. The van der Waals surface area contributed by atoms with Gasteiger partial charge in [-0.05, 0) is 12.1 Å². The van der Waals surface area contributed by atoms with Crippen LogP contribution in [-0.2, 0) is 0 Å². The molecule has 0 bridgehead atoms. The molecule has 19 heavy (non-hydrogen) atoms. The maximum atomic E-state index is 12.0. The number of carbonyl (C=O) groups is 1. The summed E-state index contributed by atoms with van der Waals surface area (Å²) in [6.45, 7) is 0. The third kappa shape index (κ3) is 2.85. The van der Waals surface area contributed by atoms with Gasteiger partial charge >= 0.3 is 0 Å². The number of thiazole rings is 1. The molecule has 0 aliphatic carbocycles. The summed E-state index contributed by atoms with van der Waals surface area (Å²) < 4.78 is 2.11. The van der Waals surface area contributed by atoms with E-state index in [2.05, 4.69) is 11.1 Å². The first-order chi connectivity index (χ1) is 9.33. The van der Waals surface area contributed by atoms with Gasteiger partial charge in [-0.3, -0.25) is 4.79 Å². The molecule has 0 amide bonds. The average molecular weight is 285 g/mol. The molecule has 0 N–H and O–H groups in total. The maximum absolute atomic E-state index is 12.0. The van der Waals surface area contributed by atoms with Crippen molar-refractivity contribution in [3.05, 3.63) is 60.2 Å². The number of fused-ring (bicyclic) bond motifs is 1. The van der Waals surface area contributed by atoms with Crippen LogP contribution in [0.4, 0.5) is 0 Å². The first-order valence-corrected chi connectivity index (χ1v) is 7.70. The normalized spacial score (nSPS) is 10.7. The highest BCUT2D eigenvalue weighted by molar-refractivity contribution is 8.01. The number of aromatic nitrogens is 1. The molecule has 1 aromatic heterocycles. The molecule has 4 heteroatoms. The summed E-state index contributed by atoms with van der Waals surface area (Å²) in [5.74, 6) is 0.578. The van der Waals surface area contributed by atoms with Crippen LogP contribution in [0.1, 0.15) is 10.4 Å². The summed E-state index contributed by atoms with van der Waals surface area (Å²) in [6, 6.07) is 17.4. The van der Waals surface area contributed by atoms with Crippen LogP contribution in [0.3, 0.4) is 0 Å². The van der Waals surface area contributed by atoms with Gasteiger partial charge in [-0.25, -0.2) is 4.98 Å². The van der Waals surface area contributed by atoms with E-state index in [1.54, 1.807) is 11.3 Å². The van der Waals surface area contributed by atoms with E-state index in [9.17, 15) is 4.79 Å². The van der Waals surface area contributed by atoms with Crippen molar-refractivity contribution in [1.29, 1.82) is 0 Å². The monoisotopic (exact) mass is 285 g/mol. The summed E-state index contributed by atoms with van der Waals surface area (Å²) in [5, 5.41) is 0. The number of rotatable bonds is 4. The van der Waals surface area contributed by atoms with Crippen molar-refractivity contribution in [1.82, 2.24) is 4.98 Å². The molecular formula is C15H11NOS2. The van der Waals surface area contributed by atoms with Crippen molar-refractivity contribution in [2.45, 2.75) is 4.34 Å². The number of para-hydroxylation sites is 1. The Kier molecular flexibility index (Phi) is 3.62. The zero-order chi connectivity index (χ0) is 13.1. The van der Waals surface area contributed by atoms with E-state index in [0.717, 1.165) is 20.1 Å². The zero-order valence-corrected chi connectivity index (χ0v) is 11.7. The summed E-state index contributed by atoms with van der Waals surface area (Å²) in [7, 11) is 0. The number of Topliss-reactive ketones (excluding diaryl/α,β-unsaturated/α-hetero) is 1. The minimum absolute atomic E-state index is 0.143. The van der Waals surface area contributed by atoms with Crippen molar-refractivity contribution in [3.8, 4) is 0 Å². The van der Waals surface area contributed by atoms with Crippen LogP contribution in [0.25, 0.3) is 10.2 Å². The predicted octanol–water partition coefficient (Wildman–Crippen LogP) is 4.27. The summed E-state index contributed by atoms with van der Waals surface area (Å²) in [6.07, 6.45) is 0. The molecule has 3 rings (SSSR count). The van der Waals surface area contributed by atoms with Crippen LogP contribution < -0.4 is 0 Å². The molecule has 0 aliphatic heterocycles. The van der Waals surface area contributed by atoms with Crippen molar-refractivity contribution >= 4 is 39.1 Å². The lowest BCUT2D eigenvalue weighted by Gasteiger charge is -1.98. The van der Waals surface area contributed by atoms with Crippen LogP contribution in [0, 0.1) is 0 Å². The molecule has 1 heterocycles. The van der Waals surface area contributed by atoms with Gasteiger partial charge in [0.2, 0.25) is 0 Å². The molecule has 0 saturated carbocycles. The minimum Gasteiger partial charge on any atom is -0.293 e. The summed E-state index contributed by atoms with van der Waals surface area (Å²) in [5.41, 5.74) is 1.76. The molecular weight excluding hydrogens is 274 g/mol. The van der Waals surface area contributed by atoms with E-state index in [1.807, 2.05) is 48.5 Å². The van der Waals surface area contributed by atoms with Gasteiger partial charge in [-0.1, -0.05) is 54.2 Å². The van der Waals surface area contributed by atoms with Gasteiger partial charge in [0.25, 0.3) is 0 Å². The highest BCUT2D eigenvalue weighted by Gasteiger charge is 2.08. The van der Waals surface area contributed by atoms with Gasteiger partial charge in [0.15, 0.2) is 10.1 Å².